The molecule has 0 aliphatic rings. The lowest BCUT2D eigenvalue weighted by molar-refractivity contribution is -0.147. The Morgan fingerprint density at radius 3 is 2.03 bits per heavy atom. The van der Waals surface area contributed by atoms with Crippen LogP contribution < -0.4 is 24.8 Å². The van der Waals surface area contributed by atoms with Crippen molar-refractivity contribution in [3.8, 4) is 17.2 Å². The van der Waals surface area contributed by atoms with E-state index in [1.165, 1.54) is 21.3 Å². The first kappa shape index (κ1) is 23.9. The second-order valence-corrected chi connectivity index (χ2v) is 6.80. The average Bonchev–Trinajstić information content (AvgIpc) is 2.64. The lowest BCUT2D eigenvalue weighted by Crippen LogP contribution is -2.34. The van der Waals surface area contributed by atoms with Crippen LogP contribution >= 0.6 is 0 Å². The zero-order chi connectivity index (χ0) is 22.0. The number of methoxy groups -OCH3 is 3. The van der Waals surface area contributed by atoms with E-state index in [0.29, 0.717) is 22.9 Å². The van der Waals surface area contributed by atoms with Crippen LogP contribution in [0.25, 0.3) is 0 Å². The molecule has 0 aromatic heterocycles. The van der Waals surface area contributed by atoms with Gasteiger partial charge in [-0.15, -0.1) is 0 Å². The highest BCUT2D eigenvalue weighted by Crippen LogP contribution is 2.39. The number of ether oxygens (including phenoxy) is 5. The Labute approximate surface area is 169 Å². The molecule has 0 unspecified atom stereocenters. The van der Waals surface area contributed by atoms with Crippen molar-refractivity contribution >= 4 is 23.7 Å². The second kappa shape index (κ2) is 11.0. The Hall–Kier alpha value is -3.17. The maximum atomic E-state index is 12.0. The van der Waals surface area contributed by atoms with E-state index >= 15 is 0 Å². The molecule has 29 heavy (non-hydrogen) atoms. The van der Waals surface area contributed by atoms with E-state index in [4.69, 9.17) is 23.7 Å². The van der Waals surface area contributed by atoms with Gasteiger partial charge in [-0.05, 0) is 20.8 Å². The fourth-order valence-corrected chi connectivity index (χ4v) is 2.15. The summed E-state index contributed by atoms with van der Waals surface area (Å²) in [6, 6.07) is 3.09. The van der Waals surface area contributed by atoms with Crippen molar-refractivity contribution in [1.82, 2.24) is 5.32 Å². The van der Waals surface area contributed by atoms with Crippen molar-refractivity contribution in [1.29, 1.82) is 0 Å². The summed E-state index contributed by atoms with van der Waals surface area (Å²) in [5.41, 5.74) is -0.248. The van der Waals surface area contributed by atoms with Crippen LogP contribution in [0.3, 0.4) is 0 Å². The third kappa shape index (κ3) is 8.58. The van der Waals surface area contributed by atoms with E-state index in [0.717, 1.165) is 0 Å². The van der Waals surface area contributed by atoms with Gasteiger partial charge in [0.25, 0.3) is 5.91 Å². The average molecular weight is 412 g/mol. The number of anilines is 1. The van der Waals surface area contributed by atoms with Gasteiger partial charge >= 0.3 is 12.1 Å². The molecule has 1 aromatic carbocycles. The van der Waals surface area contributed by atoms with Crippen molar-refractivity contribution in [3.63, 3.8) is 0 Å². The highest BCUT2D eigenvalue weighted by molar-refractivity contribution is 5.93. The van der Waals surface area contributed by atoms with Crippen LogP contribution in [0, 0.1) is 0 Å². The molecule has 0 saturated heterocycles. The first-order chi connectivity index (χ1) is 13.6. The molecule has 2 N–H and O–H groups in total. The van der Waals surface area contributed by atoms with E-state index in [1.807, 2.05) is 0 Å². The zero-order valence-corrected chi connectivity index (χ0v) is 17.5. The number of esters is 1. The summed E-state index contributed by atoms with van der Waals surface area (Å²) < 4.78 is 25.5. The van der Waals surface area contributed by atoms with Crippen molar-refractivity contribution in [2.45, 2.75) is 32.8 Å². The van der Waals surface area contributed by atoms with Crippen molar-refractivity contribution < 1.29 is 38.1 Å². The third-order valence-electron chi connectivity index (χ3n) is 3.31. The quantitative estimate of drug-likeness (QED) is 0.592. The van der Waals surface area contributed by atoms with Crippen molar-refractivity contribution in [2.75, 3.05) is 39.8 Å². The maximum absolute atomic E-state index is 12.0. The molecule has 10 nitrogen and oxygen atoms in total. The number of alkyl carbamates (subject to hydrolysis) is 1. The highest BCUT2D eigenvalue weighted by Gasteiger charge is 2.17. The molecule has 0 fully saturated rings. The predicted octanol–water partition coefficient (Wildman–Crippen LogP) is 2.11. The van der Waals surface area contributed by atoms with Crippen molar-refractivity contribution in [3.05, 3.63) is 12.1 Å². The third-order valence-corrected chi connectivity index (χ3v) is 3.31. The van der Waals surface area contributed by atoms with Gasteiger partial charge in [0.2, 0.25) is 5.75 Å². The van der Waals surface area contributed by atoms with E-state index < -0.39 is 30.2 Å². The van der Waals surface area contributed by atoms with Gasteiger partial charge < -0.3 is 34.3 Å². The molecule has 0 radical (unpaired) electrons. The lowest BCUT2D eigenvalue weighted by atomic mass is 10.2. The number of carbonyl (C=O) groups is 3. The van der Waals surface area contributed by atoms with Crippen LogP contribution in [0.15, 0.2) is 12.1 Å². The van der Waals surface area contributed by atoms with E-state index in [-0.39, 0.29) is 13.0 Å². The topological polar surface area (TPSA) is 121 Å². The van der Waals surface area contributed by atoms with Gasteiger partial charge in [0, 0.05) is 24.4 Å². The largest absolute Gasteiger partial charge is 0.493 e. The van der Waals surface area contributed by atoms with Crippen LogP contribution in [0.1, 0.15) is 27.2 Å². The van der Waals surface area contributed by atoms with Crippen LogP contribution in [0.2, 0.25) is 0 Å². The molecule has 0 saturated carbocycles. The summed E-state index contributed by atoms with van der Waals surface area (Å²) >= 11 is 0. The number of amides is 2. The summed E-state index contributed by atoms with van der Waals surface area (Å²) in [5, 5.41) is 5.01. The molecule has 0 spiro atoms. The number of hydrogen-bond donors (Lipinski definition) is 2. The first-order valence-electron chi connectivity index (χ1n) is 8.82. The summed E-state index contributed by atoms with van der Waals surface area (Å²) in [4.78, 5) is 35.2. The van der Waals surface area contributed by atoms with Gasteiger partial charge in [-0.1, -0.05) is 0 Å². The Morgan fingerprint density at radius 2 is 1.55 bits per heavy atom. The lowest BCUT2D eigenvalue weighted by Gasteiger charge is -2.19. The summed E-state index contributed by atoms with van der Waals surface area (Å²) in [5.74, 6) is -0.0644. The number of rotatable bonds is 9. The minimum Gasteiger partial charge on any atom is -0.493 e. The van der Waals surface area contributed by atoms with Crippen LogP contribution in [-0.2, 0) is 19.1 Å². The van der Waals surface area contributed by atoms with Crippen LogP contribution in [-0.4, -0.2) is 58.1 Å². The Bertz CT molecular complexity index is 702. The highest BCUT2D eigenvalue weighted by atomic mass is 16.6. The predicted molar refractivity (Wildman–Crippen MR) is 105 cm³/mol. The van der Waals surface area contributed by atoms with E-state index in [1.54, 1.807) is 32.9 Å². The summed E-state index contributed by atoms with van der Waals surface area (Å²) in [6.07, 6.45) is -0.734. The summed E-state index contributed by atoms with van der Waals surface area (Å²) in [6.45, 7) is 4.73. The minimum atomic E-state index is -0.638. The second-order valence-electron chi connectivity index (χ2n) is 6.80. The van der Waals surface area contributed by atoms with Gasteiger partial charge in [0.15, 0.2) is 18.1 Å². The normalized spacial score (nSPS) is 10.6. The molecule has 0 aliphatic carbocycles. The van der Waals surface area contributed by atoms with E-state index in [9.17, 15) is 14.4 Å². The molecule has 0 bridgehead atoms. The van der Waals surface area contributed by atoms with Gasteiger partial charge in [0.1, 0.15) is 5.60 Å². The Kier molecular flexibility index (Phi) is 9.04. The smallest absolute Gasteiger partial charge is 0.407 e. The number of nitrogens with one attached hydrogen (secondary N) is 2. The number of benzene rings is 1. The molecule has 1 rings (SSSR count). The summed E-state index contributed by atoms with van der Waals surface area (Å²) in [7, 11) is 4.38. The molecule has 1 aromatic rings. The molecule has 162 valence electrons. The molecular formula is C19H28N2O8. The molecule has 0 aliphatic heterocycles. The molecule has 10 heteroatoms. The van der Waals surface area contributed by atoms with E-state index in [2.05, 4.69) is 10.6 Å². The number of carbonyl (C=O) groups excluding carboxylic acids is 3. The SMILES string of the molecule is COc1cc(NC(=O)COC(=O)CCNC(=O)OC(C)(C)C)cc(OC)c1OC. The van der Waals surface area contributed by atoms with Gasteiger partial charge in [0.05, 0.1) is 27.8 Å². The Morgan fingerprint density at radius 1 is 0.966 bits per heavy atom. The van der Waals surface area contributed by atoms with Crippen LogP contribution in [0.4, 0.5) is 10.5 Å². The molecule has 0 heterocycles. The maximum Gasteiger partial charge on any atom is 0.407 e. The Balaban J connectivity index is 2.47. The monoisotopic (exact) mass is 412 g/mol. The standard InChI is InChI=1S/C19H28N2O8/c1-19(2,3)29-18(24)20-8-7-16(23)28-11-15(22)21-12-9-13(25-4)17(27-6)14(10-12)26-5/h9-10H,7-8,11H2,1-6H3,(H,20,24)(H,21,22). The first-order valence-corrected chi connectivity index (χ1v) is 8.82. The zero-order valence-electron chi connectivity index (χ0n) is 17.5. The molecular weight excluding hydrogens is 384 g/mol. The van der Waals surface area contributed by atoms with Gasteiger partial charge in [-0.25, -0.2) is 4.79 Å². The van der Waals surface area contributed by atoms with Gasteiger partial charge in [-0.2, -0.15) is 0 Å². The molecule has 2 amide bonds. The van der Waals surface area contributed by atoms with Crippen LogP contribution in [0.5, 0.6) is 17.2 Å². The van der Waals surface area contributed by atoms with Gasteiger partial charge in [-0.3, -0.25) is 9.59 Å². The fourth-order valence-electron chi connectivity index (χ4n) is 2.15. The van der Waals surface area contributed by atoms with Crippen molar-refractivity contribution in [2.24, 2.45) is 0 Å². The minimum absolute atomic E-state index is 0.0300. The number of hydrogen-bond acceptors (Lipinski definition) is 8. The fraction of sp³-hybridized carbons (Fsp3) is 0.526. The molecule has 0 atom stereocenters.